The SMILES string of the molecule is CC(C)c1ccc2c(c1)-c1c(ccc(N(C)c3cccc(N(C4=CCc5ccc(-c6ccccc6)cc54)c4ccc5c(c4)C(C)(C)CCC5(C)C)c3Cl)c1-c1ccccc1)C2. The van der Waals surface area contributed by atoms with Gasteiger partial charge in [-0.1, -0.05) is 168 Å². The number of halogens is 1. The van der Waals surface area contributed by atoms with Crippen LogP contribution >= 0.6 is 11.6 Å². The van der Waals surface area contributed by atoms with Gasteiger partial charge in [0.25, 0.3) is 0 Å². The van der Waals surface area contributed by atoms with Crippen LogP contribution in [-0.4, -0.2) is 7.05 Å². The molecule has 0 saturated carbocycles. The van der Waals surface area contributed by atoms with Gasteiger partial charge in [0.1, 0.15) is 0 Å². The van der Waals surface area contributed by atoms with Gasteiger partial charge in [0, 0.05) is 29.5 Å². The van der Waals surface area contributed by atoms with Crippen LogP contribution in [-0.2, 0) is 23.7 Å². The molecular weight excluding hydrogens is 760 g/mol. The summed E-state index contributed by atoms with van der Waals surface area (Å²) in [4.78, 5) is 4.77. The number of fused-ring (bicyclic) bond motifs is 5. The monoisotopic (exact) mass is 814 g/mol. The van der Waals surface area contributed by atoms with Gasteiger partial charge in [0.15, 0.2) is 0 Å². The lowest BCUT2D eigenvalue weighted by Crippen LogP contribution is -2.34. The largest absolute Gasteiger partial charge is 0.343 e. The molecule has 0 N–H and O–H groups in total. The molecule has 0 amide bonds. The van der Waals surface area contributed by atoms with Crippen molar-refractivity contribution in [2.24, 2.45) is 0 Å². The molecule has 0 atom stereocenters. The number of anilines is 4. The van der Waals surface area contributed by atoms with Crippen molar-refractivity contribution in [2.45, 2.75) is 84.0 Å². The van der Waals surface area contributed by atoms with Gasteiger partial charge >= 0.3 is 0 Å². The molecule has 0 saturated heterocycles. The fourth-order valence-electron chi connectivity index (χ4n) is 10.3. The summed E-state index contributed by atoms with van der Waals surface area (Å²) >= 11 is 7.92. The van der Waals surface area contributed by atoms with Crippen molar-refractivity contribution < 1.29 is 0 Å². The molecule has 0 fully saturated rings. The summed E-state index contributed by atoms with van der Waals surface area (Å²) in [5.74, 6) is 0.449. The highest BCUT2D eigenvalue weighted by molar-refractivity contribution is 6.36. The quantitative estimate of drug-likeness (QED) is 0.151. The van der Waals surface area contributed by atoms with Crippen molar-refractivity contribution in [2.75, 3.05) is 16.8 Å². The zero-order valence-corrected chi connectivity index (χ0v) is 37.4. The van der Waals surface area contributed by atoms with Gasteiger partial charge in [-0.05, 0) is 140 Å². The van der Waals surface area contributed by atoms with E-state index in [0.29, 0.717) is 5.92 Å². The minimum atomic E-state index is 0.0524. The Kier molecular flexibility index (Phi) is 9.64. The first-order chi connectivity index (χ1) is 29.4. The van der Waals surface area contributed by atoms with Crippen LogP contribution in [0.4, 0.5) is 22.7 Å². The van der Waals surface area contributed by atoms with E-state index in [1.54, 1.807) is 0 Å². The average molecular weight is 816 g/mol. The molecule has 0 aliphatic heterocycles. The Bertz CT molecular complexity index is 2860. The number of hydrogen-bond acceptors (Lipinski definition) is 2. The Morgan fingerprint density at radius 2 is 1.21 bits per heavy atom. The Morgan fingerprint density at radius 3 is 1.95 bits per heavy atom. The Hall–Kier alpha value is -5.83. The zero-order valence-electron chi connectivity index (χ0n) is 36.6. The number of nitrogens with zero attached hydrogens (tertiary/aromatic N) is 2. The highest BCUT2D eigenvalue weighted by Gasteiger charge is 2.38. The number of allylic oxidation sites excluding steroid dienone is 1. The lowest BCUT2D eigenvalue weighted by atomic mass is 9.63. The van der Waals surface area contributed by atoms with E-state index in [2.05, 4.69) is 210 Å². The number of rotatable bonds is 8. The van der Waals surface area contributed by atoms with E-state index in [1.807, 2.05) is 0 Å². The summed E-state index contributed by atoms with van der Waals surface area (Å²) in [6.45, 7) is 14.2. The third-order valence-corrected chi connectivity index (χ3v) is 14.4. The first kappa shape index (κ1) is 39.3. The van der Waals surface area contributed by atoms with Crippen LogP contribution in [0.1, 0.15) is 99.2 Å². The maximum absolute atomic E-state index is 7.92. The number of benzene rings is 7. The lowest BCUT2D eigenvalue weighted by molar-refractivity contribution is 0.332. The van der Waals surface area contributed by atoms with E-state index in [9.17, 15) is 0 Å². The molecule has 61 heavy (non-hydrogen) atoms. The maximum atomic E-state index is 7.92. The second-order valence-corrected chi connectivity index (χ2v) is 19.5. The predicted molar refractivity (Wildman–Crippen MR) is 261 cm³/mol. The molecule has 7 aromatic rings. The van der Waals surface area contributed by atoms with Gasteiger partial charge in [-0.2, -0.15) is 0 Å². The second-order valence-electron chi connectivity index (χ2n) is 19.1. The normalized spacial score (nSPS) is 15.5. The minimum Gasteiger partial charge on any atom is -0.343 e. The van der Waals surface area contributed by atoms with Crippen LogP contribution in [0.2, 0.25) is 5.02 Å². The third-order valence-electron chi connectivity index (χ3n) is 14.0. The van der Waals surface area contributed by atoms with E-state index in [4.69, 9.17) is 11.6 Å². The standard InChI is InChI=1S/C58H55ClN2/c1-37(2)41-22-24-43-33-44-26-30-51(55(54(44)47(43)34-41)40-17-12-9-13-18-40)60(7)52-19-14-20-53(56(52)59)61(45-27-28-48-49(36-45)58(5,6)32-31-57(48,3)4)50-29-25-39-21-23-42(35-46(39)50)38-15-10-8-11-16-38/h8-24,26-30,34-37H,25,31-33H2,1-7H3. The summed E-state index contributed by atoms with van der Waals surface area (Å²) in [5, 5.41) is 0.720. The molecule has 3 aliphatic carbocycles. The molecule has 2 nitrogen and oxygen atoms in total. The third kappa shape index (κ3) is 6.72. The molecule has 0 radical (unpaired) electrons. The van der Waals surface area contributed by atoms with Crippen LogP contribution in [0, 0.1) is 0 Å². The van der Waals surface area contributed by atoms with E-state index in [0.717, 1.165) is 47.0 Å². The van der Waals surface area contributed by atoms with Crippen molar-refractivity contribution in [1.29, 1.82) is 0 Å². The van der Waals surface area contributed by atoms with E-state index in [-0.39, 0.29) is 10.8 Å². The number of hydrogen-bond donors (Lipinski definition) is 0. The van der Waals surface area contributed by atoms with Gasteiger partial charge in [-0.3, -0.25) is 0 Å². The Labute approximate surface area is 368 Å². The van der Waals surface area contributed by atoms with Crippen molar-refractivity contribution in [3.63, 3.8) is 0 Å². The molecule has 3 heteroatoms. The van der Waals surface area contributed by atoms with Crippen LogP contribution in [0.15, 0.2) is 152 Å². The van der Waals surface area contributed by atoms with Crippen LogP contribution < -0.4 is 9.80 Å². The summed E-state index contributed by atoms with van der Waals surface area (Å²) in [7, 11) is 2.18. The highest BCUT2D eigenvalue weighted by atomic mass is 35.5. The smallest absolute Gasteiger partial charge is 0.0883 e. The fraction of sp³-hybridized carbons (Fsp3) is 0.241. The minimum absolute atomic E-state index is 0.0524. The fourth-order valence-corrected chi connectivity index (χ4v) is 10.7. The van der Waals surface area contributed by atoms with Crippen molar-refractivity contribution in [3.8, 4) is 33.4 Å². The lowest BCUT2D eigenvalue weighted by Gasteiger charge is -2.42. The van der Waals surface area contributed by atoms with Crippen LogP contribution in [0.25, 0.3) is 39.1 Å². The highest BCUT2D eigenvalue weighted by Crippen LogP contribution is 2.53. The summed E-state index contributed by atoms with van der Waals surface area (Å²) < 4.78 is 0. The topological polar surface area (TPSA) is 6.48 Å². The maximum Gasteiger partial charge on any atom is 0.0883 e. The summed E-state index contributed by atoms with van der Waals surface area (Å²) in [6, 6.07) is 54.1. The second kappa shape index (κ2) is 15.0. The van der Waals surface area contributed by atoms with Crippen molar-refractivity contribution >= 4 is 40.0 Å². The average Bonchev–Trinajstić information content (AvgIpc) is 3.87. The summed E-state index contributed by atoms with van der Waals surface area (Å²) in [6.07, 6.45) is 6.53. The molecule has 7 aromatic carbocycles. The molecule has 0 bridgehead atoms. The molecule has 0 heterocycles. The Morgan fingerprint density at radius 1 is 0.541 bits per heavy atom. The van der Waals surface area contributed by atoms with Crippen LogP contribution in [0.3, 0.4) is 0 Å². The molecule has 304 valence electrons. The van der Waals surface area contributed by atoms with Gasteiger partial charge in [-0.25, -0.2) is 0 Å². The van der Waals surface area contributed by atoms with E-state index in [1.165, 1.54) is 84.4 Å². The van der Waals surface area contributed by atoms with E-state index < -0.39 is 0 Å². The van der Waals surface area contributed by atoms with Gasteiger partial charge < -0.3 is 9.80 Å². The molecular formula is C58H55ClN2. The van der Waals surface area contributed by atoms with Crippen LogP contribution in [0.5, 0.6) is 0 Å². The van der Waals surface area contributed by atoms with E-state index >= 15 is 0 Å². The van der Waals surface area contributed by atoms with Crippen molar-refractivity contribution in [3.05, 3.63) is 196 Å². The predicted octanol–water partition coefficient (Wildman–Crippen LogP) is 16.2. The molecule has 0 unspecified atom stereocenters. The summed E-state index contributed by atoms with van der Waals surface area (Å²) in [5.41, 5.74) is 22.7. The molecule has 10 rings (SSSR count). The van der Waals surface area contributed by atoms with Crippen molar-refractivity contribution in [1.82, 2.24) is 0 Å². The molecule has 0 aromatic heterocycles. The van der Waals surface area contributed by atoms with Gasteiger partial charge in [-0.15, -0.1) is 0 Å². The molecule has 0 spiro atoms. The Balaban J connectivity index is 1.15. The zero-order chi connectivity index (χ0) is 42.2. The molecule has 3 aliphatic rings. The van der Waals surface area contributed by atoms with Gasteiger partial charge in [0.05, 0.1) is 22.1 Å². The van der Waals surface area contributed by atoms with Gasteiger partial charge in [0.2, 0.25) is 0 Å². The first-order valence-corrected chi connectivity index (χ1v) is 22.5. The first-order valence-electron chi connectivity index (χ1n) is 22.1.